The topological polar surface area (TPSA) is 35.2 Å². The van der Waals surface area contributed by atoms with Crippen LogP contribution < -0.4 is 5.73 Å². The first-order valence-electron chi connectivity index (χ1n) is 4.46. The Bertz CT molecular complexity index is 293. The van der Waals surface area contributed by atoms with E-state index in [0.717, 1.165) is 6.42 Å². The highest BCUT2D eigenvalue weighted by Gasteiger charge is 2.02. The minimum absolute atomic E-state index is 0.267. The van der Waals surface area contributed by atoms with Gasteiger partial charge in [0.05, 0.1) is 6.61 Å². The van der Waals surface area contributed by atoms with Gasteiger partial charge < -0.3 is 10.5 Å². The fourth-order valence-corrected chi connectivity index (χ4v) is 1.17. The molecule has 0 fully saturated rings. The van der Waals surface area contributed by atoms with Crippen molar-refractivity contribution in [1.82, 2.24) is 0 Å². The molecule has 0 saturated carbocycles. The molecule has 0 radical (unpaired) electrons. The second-order valence-corrected chi connectivity index (χ2v) is 3.37. The van der Waals surface area contributed by atoms with E-state index in [1.54, 1.807) is 12.1 Å². The molecule has 0 aliphatic carbocycles. The Kier molecular flexibility index (Phi) is 4.87. The van der Waals surface area contributed by atoms with Gasteiger partial charge in [-0.3, -0.25) is 0 Å². The number of hydrogen-bond donors (Lipinski definition) is 1. The van der Waals surface area contributed by atoms with Crippen LogP contribution >= 0.6 is 11.6 Å². The van der Waals surface area contributed by atoms with E-state index < -0.39 is 0 Å². The van der Waals surface area contributed by atoms with E-state index in [-0.39, 0.29) is 12.4 Å². The lowest BCUT2D eigenvalue weighted by atomic mass is 10.2. The maximum Gasteiger partial charge on any atom is 0.130 e. The quantitative estimate of drug-likeness (QED) is 0.769. The SMILES string of the molecule is NCCCOCc1ccc(Cl)cc1F. The van der Waals surface area contributed by atoms with E-state index in [0.29, 0.717) is 23.7 Å². The average molecular weight is 218 g/mol. The van der Waals surface area contributed by atoms with Gasteiger partial charge in [0.25, 0.3) is 0 Å². The van der Waals surface area contributed by atoms with Crippen molar-refractivity contribution in [3.63, 3.8) is 0 Å². The molecule has 14 heavy (non-hydrogen) atoms. The van der Waals surface area contributed by atoms with Crippen molar-refractivity contribution < 1.29 is 9.13 Å². The summed E-state index contributed by atoms with van der Waals surface area (Å²) in [7, 11) is 0. The Balaban J connectivity index is 2.42. The Morgan fingerprint density at radius 2 is 2.21 bits per heavy atom. The van der Waals surface area contributed by atoms with Gasteiger partial charge in [0.15, 0.2) is 0 Å². The van der Waals surface area contributed by atoms with E-state index in [9.17, 15) is 4.39 Å². The van der Waals surface area contributed by atoms with Gasteiger partial charge in [-0.2, -0.15) is 0 Å². The predicted molar refractivity (Wildman–Crippen MR) is 54.7 cm³/mol. The molecule has 0 aliphatic rings. The molecule has 1 aromatic rings. The van der Waals surface area contributed by atoms with Crippen molar-refractivity contribution in [1.29, 1.82) is 0 Å². The van der Waals surface area contributed by atoms with Crippen LogP contribution in [0.4, 0.5) is 4.39 Å². The number of hydrogen-bond acceptors (Lipinski definition) is 2. The van der Waals surface area contributed by atoms with Crippen molar-refractivity contribution in [3.05, 3.63) is 34.6 Å². The zero-order valence-corrected chi connectivity index (χ0v) is 8.56. The van der Waals surface area contributed by atoms with Gasteiger partial charge in [-0.1, -0.05) is 17.7 Å². The van der Waals surface area contributed by atoms with Gasteiger partial charge in [0.2, 0.25) is 0 Å². The van der Waals surface area contributed by atoms with Gasteiger partial charge >= 0.3 is 0 Å². The summed E-state index contributed by atoms with van der Waals surface area (Å²) in [4.78, 5) is 0. The van der Waals surface area contributed by atoms with Crippen LogP contribution in [-0.2, 0) is 11.3 Å². The van der Waals surface area contributed by atoms with Crippen molar-refractivity contribution in [2.75, 3.05) is 13.2 Å². The number of halogens is 2. The summed E-state index contributed by atoms with van der Waals surface area (Å²) in [6, 6.07) is 4.55. The van der Waals surface area contributed by atoms with Crippen molar-refractivity contribution in [3.8, 4) is 0 Å². The Hall–Kier alpha value is -0.640. The first kappa shape index (κ1) is 11.4. The van der Waals surface area contributed by atoms with E-state index in [1.165, 1.54) is 6.07 Å². The zero-order chi connectivity index (χ0) is 10.4. The third kappa shape index (κ3) is 3.62. The van der Waals surface area contributed by atoms with Crippen molar-refractivity contribution in [2.24, 2.45) is 5.73 Å². The first-order chi connectivity index (χ1) is 6.74. The van der Waals surface area contributed by atoms with Crippen molar-refractivity contribution >= 4 is 11.6 Å². The van der Waals surface area contributed by atoms with E-state index in [1.807, 2.05) is 0 Å². The van der Waals surface area contributed by atoms with Crippen LogP contribution in [0.25, 0.3) is 0 Å². The highest BCUT2D eigenvalue weighted by molar-refractivity contribution is 6.30. The van der Waals surface area contributed by atoms with Crippen molar-refractivity contribution in [2.45, 2.75) is 13.0 Å². The molecule has 1 rings (SSSR count). The Morgan fingerprint density at radius 3 is 2.86 bits per heavy atom. The van der Waals surface area contributed by atoms with Crippen LogP contribution in [0.5, 0.6) is 0 Å². The Labute approximate surface area is 87.8 Å². The minimum Gasteiger partial charge on any atom is -0.377 e. The molecule has 1 aromatic carbocycles. The molecule has 0 spiro atoms. The molecule has 0 amide bonds. The van der Waals surface area contributed by atoms with Gasteiger partial charge in [-0.15, -0.1) is 0 Å². The molecular weight excluding hydrogens is 205 g/mol. The molecular formula is C10H13ClFNO. The summed E-state index contributed by atoms with van der Waals surface area (Å²) in [5, 5.41) is 0.396. The lowest BCUT2D eigenvalue weighted by molar-refractivity contribution is 0.117. The fourth-order valence-electron chi connectivity index (χ4n) is 1.01. The maximum atomic E-state index is 13.2. The third-order valence-corrected chi connectivity index (χ3v) is 2.00. The lowest BCUT2D eigenvalue weighted by Crippen LogP contribution is -2.04. The lowest BCUT2D eigenvalue weighted by Gasteiger charge is -2.04. The molecule has 0 aliphatic heterocycles. The Morgan fingerprint density at radius 1 is 1.43 bits per heavy atom. The van der Waals surface area contributed by atoms with Crippen LogP contribution in [-0.4, -0.2) is 13.2 Å². The highest BCUT2D eigenvalue weighted by atomic mass is 35.5. The largest absolute Gasteiger partial charge is 0.377 e. The van der Waals surface area contributed by atoms with Gasteiger partial charge in [0.1, 0.15) is 5.82 Å². The fraction of sp³-hybridized carbons (Fsp3) is 0.400. The van der Waals surface area contributed by atoms with Gasteiger partial charge in [0, 0.05) is 17.2 Å². The summed E-state index contributed by atoms with van der Waals surface area (Å²) >= 11 is 5.60. The summed E-state index contributed by atoms with van der Waals surface area (Å²) in [5.74, 6) is -0.328. The molecule has 2 N–H and O–H groups in total. The number of rotatable bonds is 5. The van der Waals surface area contributed by atoms with E-state index >= 15 is 0 Å². The molecule has 0 unspecified atom stereocenters. The number of benzene rings is 1. The highest BCUT2D eigenvalue weighted by Crippen LogP contribution is 2.15. The van der Waals surface area contributed by atoms with E-state index in [2.05, 4.69) is 0 Å². The van der Waals surface area contributed by atoms with Gasteiger partial charge in [-0.05, 0) is 25.1 Å². The molecule has 0 heterocycles. The molecule has 0 bridgehead atoms. The summed E-state index contributed by atoms with van der Waals surface area (Å²) in [6.07, 6.45) is 0.787. The summed E-state index contributed by atoms with van der Waals surface area (Å²) in [5.41, 5.74) is 5.81. The van der Waals surface area contributed by atoms with Gasteiger partial charge in [-0.25, -0.2) is 4.39 Å². The molecule has 0 atom stereocenters. The number of ether oxygens (including phenoxy) is 1. The predicted octanol–water partition coefficient (Wildman–Crippen LogP) is 2.34. The second kappa shape index (κ2) is 5.96. The minimum atomic E-state index is -0.328. The third-order valence-electron chi connectivity index (χ3n) is 1.77. The molecule has 0 saturated heterocycles. The molecule has 0 aromatic heterocycles. The second-order valence-electron chi connectivity index (χ2n) is 2.93. The standard InChI is InChI=1S/C10H13ClFNO/c11-9-3-2-8(10(12)6-9)7-14-5-1-4-13/h2-3,6H,1,4-5,7,13H2. The summed E-state index contributed by atoms with van der Waals surface area (Å²) in [6.45, 7) is 1.41. The van der Waals surface area contributed by atoms with E-state index in [4.69, 9.17) is 22.1 Å². The monoisotopic (exact) mass is 217 g/mol. The van der Waals surface area contributed by atoms with Crippen LogP contribution in [0.15, 0.2) is 18.2 Å². The smallest absolute Gasteiger partial charge is 0.130 e. The van der Waals surface area contributed by atoms with Crippen LogP contribution in [0.3, 0.4) is 0 Å². The van der Waals surface area contributed by atoms with Crippen LogP contribution in [0.1, 0.15) is 12.0 Å². The maximum absolute atomic E-state index is 13.2. The molecule has 2 nitrogen and oxygen atoms in total. The normalized spacial score (nSPS) is 10.5. The summed E-state index contributed by atoms with van der Waals surface area (Å²) < 4.78 is 18.4. The first-order valence-corrected chi connectivity index (χ1v) is 4.83. The van der Waals surface area contributed by atoms with Crippen LogP contribution in [0.2, 0.25) is 5.02 Å². The average Bonchev–Trinajstić information content (AvgIpc) is 2.15. The zero-order valence-electron chi connectivity index (χ0n) is 7.80. The molecule has 4 heteroatoms. The number of nitrogens with two attached hydrogens (primary N) is 1. The van der Waals surface area contributed by atoms with Crippen LogP contribution in [0, 0.1) is 5.82 Å². The molecule has 78 valence electrons.